The summed E-state index contributed by atoms with van der Waals surface area (Å²) in [4.78, 5) is 4.74. The molecule has 4 rings (SSSR count). The molecule has 0 spiro atoms. The monoisotopic (exact) mass is 392 g/mol. The number of hydrogen-bond acceptors (Lipinski definition) is 5. The maximum atomic E-state index is 6.23. The zero-order valence-corrected chi connectivity index (χ0v) is 17.0. The van der Waals surface area contributed by atoms with Crippen molar-refractivity contribution in [1.29, 1.82) is 0 Å². The van der Waals surface area contributed by atoms with Crippen LogP contribution in [0.25, 0.3) is 6.08 Å². The first-order chi connectivity index (χ1) is 13.7. The van der Waals surface area contributed by atoms with Gasteiger partial charge >= 0.3 is 0 Å². The molecule has 1 aliphatic heterocycles. The van der Waals surface area contributed by atoms with E-state index in [9.17, 15) is 0 Å². The van der Waals surface area contributed by atoms with Crippen LogP contribution in [-0.4, -0.2) is 19.4 Å². The minimum Gasteiger partial charge on any atom is -0.497 e. The molecule has 1 aliphatic carbocycles. The van der Waals surface area contributed by atoms with Crippen molar-refractivity contribution in [3.63, 3.8) is 0 Å². The highest BCUT2D eigenvalue weighted by Crippen LogP contribution is 2.48. The summed E-state index contributed by atoms with van der Waals surface area (Å²) in [5, 5.41) is 0.833. The van der Waals surface area contributed by atoms with Crippen LogP contribution >= 0.6 is 11.8 Å². The van der Waals surface area contributed by atoms with Gasteiger partial charge in [0.05, 0.1) is 25.2 Å². The first-order valence-electron chi connectivity index (χ1n) is 9.41. The molecule has 1 unspecified atom stereocenters. The summed E-state index contributed by atoms with van der Waals surface area (Å²) in [6, 6.07) is 16.4. The Morgan fingerprint density at radius 1 is 0.964 bits per heavy atom. The SMILES string of the molecule is COc1ccc(/C=C2/CCCC3=C2N=C(N)SC3c2ccc(OC)cc2)cc1. The third-order valence-corrected chi connectivity index (χ3v) is 6.28. The molecular formula is C23H24N2O2S. The Kier molecular flexibility index (Phi) is 5.44. The number of benzene rings is 2. The molecule has 28 heavy (non-hydrogen) atoms. The van der Waals surface area contributed by atoms with Crippen molar-refractivity contribution < 1.29 is 9.47 Å². The van der Waals surface area contributed by atoms with Gasteiger partial charge < -0.3 is 15.2 Å². The highest BCUT2D eigenvalue weighted by atomic mass is 32.2. The second kappa shape index (κ2) is 8.15. The van der Waals surface area contributed by atoms with Gasteiger partial charge in [-0.1, -0.05) is 36.0 Å². The lowest BCUT2D eigenvalue weighted by Gasteiger charge is -2.30. The van der Waals surface area contributed by atoms with E-state index >= 15 is 0 Å². The summed E-state index contributed by atoms with van der Waals surface area (Å²) in [7, 11) is 3.37. The molecule has 2 aromatic rings. The summed E-state index contributed by atoms with van der Waals surface area (Å²) in [5.41, 5.74) is 12.3. The van der Waals surface area contributed by atoms with Crippen molar-refractivity contribution >= 4 is 23.0 Å². The van der Waals surface area contributed by atoms with Gasteiger partial charge in [0.1, 0.15) is 11.5 Å². The van der Waals surface area contributed by atoms with E-state index in [1.54, 1.807) is 26.0 Å². The Morgan fingerprint density at radius 2 is 1.61 bits per heavy atom. The van der Waals surface area contributed by atoms with Crippen LogP contribution in [0.1, 0.15) is 35.6 Å². The van der Waals surface area contributed by atoms with Crippen LogP contribution in [0.4, 0.5) is 0 Å². The lowest BCUT2D eigenvalue weighted by atomic mass is 9.87. The minimum atomic E-state index is 0.206. The molecule has 0 radical (unpaired) electrons. The number of allylic oxidation sites excluding steroid dienone is 1. The molecule has 1 heterocycles. The molecule has 2 aliphatic rings. The average molecular weight is 393 g/mol. The van der Waals surface area contributed by atoms with Crippen LogP contribution < -0.4 is 15.2 Å². The van der Waals surface area contributed by atoms with E-state index in [-0.39, 0.29) is 5.25 Å². The Bertz CT molecular complexity index is 944. The molecular weight excluding hydrogens is 368 g/mol. The molecule has 2 N–H and O–H groups in total. The van der Waals surface area contributed by atoms with Gasteiger partial charge in [0.25, 0.3) is 0 Å². The second-order valence-electron chi connectivity index (χ2n) is 6.89. The van der Waals surface area contributed by atoms with Crippen molar-refractivity contribution in [2.24, 2.45) is 10.7 Å². The Labute approximate surface area is 170 Å². The van der Waals surface area contributed by atoms with Crippen LogP contribution in [-0.2, 0) is 0 Å². The summed E-state index contributed by atoms with van der Waals surface area (Å²) in [6.45, 7) is 0. The largest absolute Gasteiger partial charge is 0.497 e. The number of hydrogen-bond donors (Lipinski definition) is 1. The predicted molar refractivity (Wildman–Crippen MR) is 117 cm³/mol. The maximum absolute atomic E-state index is 6.23. The Hall–Kier alpha value is -2.66. The van der Waals surface area contributed by atoms with Gasteiger partial charge in [0.15, 0.2) is 5.17 Å². The van der Waals surface area contributed by atoms with E-state index in [0.717, 1.165) is 42.0 Å². The van der Waals surface area contributed by atoms with Gasteiger partial charge in [-0.3, -0.25) is 0 Å². The lowest BCUT2D eigenvalue weighted by Crippen LogP contribution is -2.19. The number of rotatable bonds is 4. The van der Waals surface area contributed by atoms with Gasteiger partial charge in [-0.05, 0) is 71.9 Å². The van der Waals surface area contributed by atoms with Gasteiger partial charge in [-0.2, -0.15) is 0 Å². The minimum absolute atomic E-state index is 0.206. The number of ether oxygens (including phenoxy) is 2. The molecule has 0 saturated heterocycles. The lowest BCUT2D eigenvalue weighted by molar-refractivity contribution is 0.414. The molecule has 0 amide bonds. The summed E-state index contributed by atoms with van der Waals surface area (Å²) >= 11 is 1.64. The summed E-state index contributed by atoms with van der Waals surface area (Å²) in [5.74, 6) is 1.73. The molecule has 0 fully saturated rings. The standard InChI is InChI=1S/C23H24N2O2S/c1-26-18-10-6-15(7-11-18)14-17-4-3-5-20-21(17)25-23(24)28-22(20)16-8-12-19(27-2)13-9-16/h6-14,22H,3-5H2,1-2H3,(H2,24,25)/b17-14-. The highest BCUT2D eigenvalue weighted by molar-refractivity contribution is 8.14. The molecule has 1 atom stereocenters. The number of amidine groups is 1. The summed E-state index contributed by atoms with van der Waals surface area (Å²) < 4.78 is 10.6. The number of aliphatic imine (C=N–C) groups is 1. The fraction of sp³-hybridized carbons (Fsp3) is 0.261. The van der Waals surface area contributed by atoms with Gasteiger partial charge in [-0.25, -0.2) is 4.99 Å². The van der Waals surface area contributed by atoms with Crippen molar-refractivity contribution in [3.05, 3.63) is 76.5 Å². The number of methoxy groups -OCH3 is 2. The van der Waals surface area contributed by atoms with Gasteiger partial charge in [0.2, 0.25) is 0 Å². The molecule has 2 aromatic carbocycles. The molecule has 144 valence electrons. The third-order valence-electron chi connectivity index (χ3n) is 5.15. The normalized spacial score (nSPS) is 20.6. The third kappa shape index (κ3) is 3.80. The smallest absolute Gasteiger partial charge is 0.160 e. The van der Waals surface area contributed by atoms with E-state index < -0.39 is 0 Å². The van der Waals surface area contributed by atoms with Crippen molar-refractivity contribution in [3.8, 4) is 11.5 Å². The molecule has 0 saturated carbocycles. The van der Waals surface area contributed by atoms with Crippen LogP contribution in [0.15, 0.2) is 70.4 Å². The maximum Gasteiger partial charge on any atom is 0.160 e. The van der Waals surface area contributed by atoms with Gasteiger partial charge in [-0.15, -0.1) is 0 Å². The fourth-order valence-corrected chi connectivity index (χ4v) is 4.78. The average Bonchev–Trinajstić information content (AvgIpc) is 2.74. The van der Waals surface area contributed by atoms with Crippen LogP contribution in [0.5, 0.6) is 11.5 Å². The molecule has 0 aromatic heterocycles. The highest BCUT2D eigenvalue weighted by Gasteiger charge is 2.30. The van der Waals surface area contributed by atoms with Crippen LogP contribution in [0.2, 0.25) is 0 Å². The van der Waals surface area contributed by atoms with Crippen molar-refractivity contribution in [1.82, 2.24) is 0 Å². The zero-order valence-electron chi connectivity index (χ0n) is 16.1. The number of nitrogens with zero attached hydrogens (tertiary/aromatic N) is 1. The number of nitrogens with two attached hydrogens (primary N) is 1. The Balaban J connectivity index is 1.71. The zero-order chi connectivity index (χ0) is 19.5. The summed E-state index contributed by atoms with van der Waals surface area (Å²) in [6.07, 6.45) is 5.42. The first kappa shape index (κ1) is 18.7. The molecule has 5 heteroatoms. The van der Waals surface area contributed by atoms with E-state index in [1.165, 1.54) is 16.7 Å². The van der Waals surface area contributed by atoms with E-state index in [0.29, 0.717) is 5.17 Å². The van der Waals surface area contributed by atoms with Gasteiger partial charge in [0, 0.05) is 0 Å². The topological polar surface area (TPSA) is 56.8 Å². The molecule has 4 nitrogen and oxygen atoms in total. The quantitative estimate of drug-likeness (QED) is 0.764. The Morgan fingerprint density at radius 3 is 2.25 bits per heavy atom. The predicted octanol–water partition coefficient (Wildman–Crippen LogP) is 5.33. The van der Waals surface area contributed by atoms with E-state index in [1.807, 2.05) is 24.3 Å². The number of thioether (sulfide) groups is 1. The molecule has 0 bridgehead atoms. The fourth-order valence-electron chi connectivity index (χ4n) is 3.73. The first-order valence-corrected chi connectivity index (χ1v) is 10.3. The van der Waals surface area contributed by atoms with Crippen LogP contribution in [0.3, 0.4) is 0 Å². The van der Waals surface area contributed by atoms with Crippen LogP contribution in [0, 0.1) is 0 Å². The van der Waals surface area contributed by atoms with Crippen molar-refractivity contribution in [2.75, 3.05) is 14.2 Å². The van der Waals surface area contributed by atoms with E-state index in [2.05, 4.69) is 30.3 Å². The van der Waals surface area contributed by atoms with E-state index in [4.69, 9.17) is 20.2 Å². The van der Waals surface area contributed by atoms with Crippen molar-refractivity contribution in [2.45, 2.75) is 24.5 Å². The second-order valence-corrected chi connectivity index (χ2v) is 8.02.